The van der Waals surface area contributed by atoms with Crippen LogP contribution in [0.25, 0.3) is 0 Å². The first kappa shape index (κ1) is 8.47. The molecule has 0 rings (SSSR count). The van der Waals surface area contributed by atoms with Gasteiger partial charge >= 0.3 is 0 Å². The van der Waals surface area contributed by atoms with Gasteiger partial charge in [0.15, 0.2) is 0 Å². The number of allylic oxidation sites excluding steroid dienone is 2. The molecule has 0 amide bonds. The van der Waals surface area contributed by atoms with Gasteiger partial charge in [0.1, 0.15) is 7.85 Å². The van der Waals surface area contributed by atoms with Crippen molar-refractivity contribution in [2.24, 2.45) is 4.99 Å². The van der Waals surface area contributed by atoms with Crippen LogP contribution in [0.3, 0.4) is 0 Å². The minimum atomic E-state index is 0.337. The van der Waals surface area contributed by atoms with Crippen molar-refractivity contribution in [1.29, 1.82) is 0 Å². The van der Waals surface area contributed by atoms with E-state index in [0.29, 0.717) is 6.04 Å². The quantitative estimate of drug-likeness (QED) is 0.388. The molecular weight excluding hydrogens is 109 g/mol. The summed E-state index contributed by atoms with van der Waals surface area (Å²) in [5.41, 5.74) is 0.726. The summed E-state index contributed by atoms with van der Waals surface area (Å²) in [5, 5.41) is 0. The van der Waals surface area contributed by atoms with Crippen LogP contribution in [0.1, 0.15) is 20.8 Å². The van der Waals surface area contributed by atoms with E-state index < -0.39 is 0 Å². The summed E-state index contributed by atoms with van der Waals surface area (Å²) in [6.45, 7) is 5.92. The lowest BCUT2D eigenvalue weighted by atomic mass is 9.97. The molecule has 0 aliphatic rings. The van der Waals surface area contributed by atoms with Gasteiger partial charge in [-0.25, -0.2) is 0 Å². The third-order valence-corrected chi connectivity index (χ3v) is 0.855. The van der Waals surface area contributed by atoms with Crippen LogP contribution >= 0.6 is 0 Å². The standard InChI is InChI=1S/C7H12BN/c1-4-7(8)5-9-6(2)3/h4-6H,1-3H3/b7-4+,9-5?. The summed E-state index contributed by atoms with van der Waals surface area (Å²) in [6, 6.07) is 0.337. The second-order valence-electron chi connectivity index (χ2n) is 2.16. The highest BCUT2D eigenvalue weighted by Crippen LogP contribution is 1.86. The maximum atomic E-state index is 5.43. The van der Waals surface area contributed by atoms with E-state index in [1.54, 1.807) is 6.21 Å². The predicted molar refractivity (Wildman–Crippen MR) is 43.1 cm³/mol. The lowest BCUT2D eigenvalue weighted by Gasteiger charge is -1.93. The first-order valence-corrected chi connectivity index (χ1v) is 3.11. The van der Waals surface area contributed by atoms with Gasteiger partial charge in [0, 0.05) is 12.3 Å². The molecule has 0 aliphatic carbocycles. The Morgan fingerprint density at radius 2 is 2.11 bits per heavy atom. The van der Waals surface area contributed by atoms with E-state index in [9.17, 15) is 0 Å². The summed E-state index contributed by atoms with van der Waals surface area (Å²) in [4.78, 5) is 4.08. The van der Waals surface area contributed by atoms with Crippen LogP contribution in [0, 0.1) is 0 Å². The third kappa shape index (κ3) is 5.34. The van der Waals surface area contributed by atoms with Crippen molar-refractivity contribution in [3.63, 3.8) is 0 Å². The first-order chi connectivity index (χ1) is 4.16. The molecule has 0 aromatic carbocycles. The summed E-state index contributed by atoms with van der Waals surface area (Å²) in [7, 11) is 5.43. The highest BCUT2D eigenvalue weighted by Gasteiger charge is 1.82. The first-order valence-electron chi connectivity index (χ1n) is 3.11. The second kappa shape index (κ2) is 4.36. The van der Waals surface area contributed by atoms with E-state index in [0.717, 1.165) is 5.47 Å². The number of nitrogens with zero attached hydrogens (tertiary/aromatic N) is 1. The molecule has 0 spiro atoms. The summed E-state index contributed by atoms with van der Waals surface area (Å²) < 4.78 is 0. The van der Waals surface area contributed by atoms with Crippen molar-refractivity contribution in [3.8, 4) is 0 Å². The summed E-state index contributed by atoms with van der Waals surface area (Å²) in [6.07, 6.45) is 3.51. The molecule has 0 saturated heterocycles. The Morgan fingerprint density at radius 3 is 2.44 bits per heavy atom. The lowest BCUT2D eigenvalue weighted by molar-refractivity contribution is 0.841. The van der Waals surface area contributed by atoms with E-state index >= 15 is 0 Å². The van der Waals surface area contributed by atoms with Crippen LogP contribution < -0.4 is 0 Å². The van der Waals surface area contributed by atoms with E-state index in [2.05, 4.69) is 4.99 Å². The van der Waals surface area contributed by atoms with Gasteiger partial charge in [0.25, 0.3) is 0 Å². The molecule has 0 fully saturated rings. The molecule has 0 atom stereocenters. The molecular formula is C7H12BN. The van der Waals surface area contributed by atoms with Crippen LogP contribution in [0.5, 0.6) is 0 Å². The fourth-order valence-electron chi connectivity index (χ4n) is 0.310. The van der Waals surface area contributed by atoms with Crippen LogP contribution in [-0.4, -0.2) is 20.1 Å². The lowest BCUT2D eigenvalue weighted by Crippen LogP contribution is -1.90. The molecule has 9 heavy (non-hydrogen) atoms. The molecule has 0 saturated carbocycles. The van der Waals surface area contributed by atoms with E-state index in [4.69, 9.17) is 7.85 Å². The molecule has 0 unspecified atom stereocenters. The van der Waals surface area contributed by atoms with Gasteiger partial charge in [-0.05, 0) is 20.8 Å². The smallest absolute Gasteiger partial charge is 0.115 e. The SMILES string of the molecule is [B]/C(C=NC(C)C)=C/C. The van der Waals surface area contributed by atoms with Crippen molar-refractivity contribution in [3.05, 3.63) is 11.5 Å². The molecule has 48 valence electrons. The Hall–Kier alpha value is -0.525. The van der Waals surface area contributed by atoms with Crippen LogP contribution in [0.4, 0.5) is 0 Å². The average Bonchev–Trinajstić information content (AvgIpc) is 1.83. The van der Waals surface area contributed by atoms with Crippen molar-refractivity contribution < 1.29 is 0 Å². The summed E-state index contributed by atoms with van der Waals surface area (Å²) >= 11 is 0. The van der Waals surface area contributed by atoms with E-state index in [1.165, 1.54) is 0 Å². The number of hydrogen-bond acceptors (Lipinski definition) is 1. The normalized spacial score (nSPS) is 13.6. The topological polar surface area (TPSA) is 12.4 Å². The molecule has 0 aromatic heterocycles. The zero-order chi connectivity index (χ0) is 7.28. The van der Waals surface area contributed by atoms with Gasteiger partial charge in [0.05, 0.1) is 0 Å². The minimum Gasteiger partial charge on any atom is -0.291 e. The highest BCUT2D eigenvalue weighted by atomic mass is 14.7. The average molecular weight is 121 g/mol. The Balaban J connectivity index is 3.71. The Kier molecular flexibility index (Phi) is 4.11. The van der Waals surface area contributed by atoms with Crippen molar-refractivity contribution in [2.75, 3.05) is 0 Å². The monoisotopic (exact) mass is 121 g/mol. The Labute approximate surface area is 58.3 Å². The number of aliphatic imine (C=N–C) groups is 1. The molecule has 1 nitrogen and oxygen atoms in total. The zero-order valence-electron chi connectivity index (χ0n) is 6.26. The van der Waals surface area contributed by atoms with Gasteiger partial charge in [-0.3, -0.25) is 4.99 Å². The number of hydrogen-bond donors (Lipinski definition) is 0. The van der Waals surface area contributed by atoms with Crippen molar-refractivity contribution in [2.45, 2.75) is 26.8 Å². The molecule has 0 bridgehead atoms. The maximum Gasteiger partial charge on any atom is 0.115 e. The molecule has 0 N–H and O–H groups in total. The minimum absolute atomic E-state index is 0.337. The zero-order valence-corrected chi connectivity index (χ0v) is 6.26. The largest absolute Gasteiger partial charge is 0.291 e. The van der Waals surface area contributed by atoms with Gasteiger partial charge in [-0.2, -0.15) is 0 Å². The van der Waals surface area contributed by atoms with E-state index in [1.807, 2.05) is 26.8 Å². The van der Waals surface area contributed by atoms with Gasteiger partial charge in [-0.1, -0.05) is 11.5 Å². The number of rotatable bonds is 2. The van der Waals surface area contributed by atoms with Crippen molar-refractivity contribution >= 4 is 14.1 Å². The third-order valence-electron chi connectivity index (χ3n) is 0.855. The Bertz CT molecular complexity index is 125. The molecule has 0 aromatic rings. The summed E-state index contributed by atoms with van der Waals surface area (Å²) in [5.74, 6) is 0. The van der Waals surface area contributed by atoms with Crippen LogP contribution in [-0.2, 0) is 0 Å². The fraction of sp³-hybridized carbons (Fsp3) is 0.571. The highest BCUT2D eigenvalue weighted by molar-refractivity contribution is 6.32. The molecule has 0 heterocycles. The molecule has 2 heteroatoms. The van der Waals surface area contributed by atoms with Gasteiger partial charge in [-0.15, -0.1) is 0 Å². The molecule has 2 radical (unpaired) electrons. The van der Waals surface area contributed by atoms with Crippen LogP contribution in [0.2, 0.25) is 0 Å². The van der Waals surface area contributed by atoms with Crippen LogP contribution in [0.15, 0.2) is 16.5 Å². The maximum absolute atomic E-state index is 5.43. The Morgan fingerprint density at radius 1 is 1.56 bits per heavy atom. The van der Waals surface area contributed by atoms with Gasteiger partial charge in [0.2, 0.25) is 0 Å². The predicted octanol–water partition coefficient (Wildman–Crippen LogP) is 1.54. The second-order valence-corrected chi connectivity index (χ2v) is 2.16. The van der Waals surface area contributed by atoms with Crippen molar-refractivity contribution in [1.82, 2.24) is 0 Å². The molecule has 0 aliphatic heterocycles. The van der Waals surface area contributed by atoms with E-state index in [-0.39, 0.29) is 0 Å². The van der Waals surface area contributed by atoms with Gasteiger partial charge < -0.3 is 0 Å². The fourth-order valence-corrected chi connectivity index (χ4v) is 0.310.